The van der Waals surface area contributed by atoms with E-state index >= 15 is 0 Å². The average molecular weight is 406 g/mol. The number of carbonyl (C=O) groups excluding carboxylic acids is 1. The summed E-state index contributed by atoms with van der Waals surface area (Å²) in [5.74, 6) is 0.0996. The molecule has 4 heterocycles. The number of carbonyl (C=O) groups is 1. The van der Waals surface area contributed by atoms with E-state index in [0.29, 0.717) is 45.2 Å². The zero-order valence-electron chi connectivity index (χ0n) is 15.7. The molecule has 0 saturated carbocycles. The largest absolute Gasteiger partial charge is 0.433 e. The van der Waals surface area contributed by atoms with Gasteiger partial charge in [0.15, 0.2) is 0 Å². The van der Waals surface area contributed by atoms with Crippen molar-refractivity contribution >= 4 is 11.8 Å². The lowest BCUT2D eigenvalue weighted by Crippen LogP contribution is -2.45. The van der Waals surface area contributed by atoms with E-state index in [0.717, 1.165) is 12.8 Å². The number of amides is 1. The number of furan rings is 1. The molecule has 11 nitrogen and oxygen atoms in total. The van der Waals surface area contributed by atoms with E-state index in [4.69, 9.17) is 18.4 Å². The maximum Gasteiger partial charge on any atom is 0.433 e. The summed E-state index contributed by atoms with van der Waals surface area (Å²) in [7, 11) is 0. The molecule has 0 aromatic carbocycles. The Morgan fingerprint density at radius 2 is 2.31 bits per heavy atom. The van der Waals surface area contributed by atoms with Crippen molar-refractivity contribution in [2.75, 3.05) is 32.8 Å². The van der Waals surface area contributed by atoms with Gasteiger partial charge >= 0.3 is 5.88 Å². The molecule has 2 saturated heterocycles. The van der Waals surface area contributed by atoms with E-state index in [9.17, 15) is 14.9 Å². The molecule has 1 N–H and O–H groups in total. The van der Waals surface area contributed by atoms with Gasteiger partial charge in [-0.15, -0.1) is 0 Å². The summed E-state index contributed by atoms with van der Waals surface area (Å²) in [6.45, 7) is 3.11. The van der Waals surface area contributed by atoms with Crippen molar-refractivity contribution in [3.63, 3.8) is 0 Å². The molecule has 2 aromatic rings. The van der Waals surface area contributed by atoms with E-state index in [-0.39, 0.29) is 23.7 Å². The van der Waals surface area contributed by atoms with Crippen LogP contribution in [0, 0.1) is 10.1 Å². The molecule has 156 valence electrons. The Morgan fingerprint density at radius 3 is 3.07 bits per heavy atom. The highest BCUT2D eigenvalue weighted by atomic mass is 16.6. The summed E-state index contributed by atoms with van der Waals surface area (Å²) >= 11 is 0. The molecule has 2 aromatic heterocycles. The van der Waals surface area contributed by atoms with Gasteiger partial charge in [0.1, 0.15) is 16.3 Å². The topological polar surface area (TPSA) is 133 Å². The monoisotopic (exact) mass is 406 g/mol. The van der Waals surface area contributed by atoms with Crippen LogP contribution in [0.3, 0.4) is 0 Å². The second-order valence-electron chi connectivity index (χ2n) is 7.31. The van der Waals surface area contributed by atoms with Crippen LogP contribution in [0.4, 0.5) is 5.88 Å². The Hall–Kier alpha value is -2.76. The number of nitro groups is 1. The molecular weight excluding hydrogens is 384 g/mol. The van der Waals surface area contributed by atoms with Gasteiger partial charge < -0.3 is 23.7 Å². The molecular formula is C18H22N4O7. The third-order valence-corrected chi connectivity index (χ3v) is 5.13. The van der Waals surface area contributed by atoms with Crippen molar-refractivity contribution in [3.8, 4) is 0 Å². The fourth-order valence-electron chi connectivity index (χ4n) is 3.78. The number of hydrogen-bond acceptors (Lipinski definition) is 9. The van der Waals surface area contributed by atoms with Gasteiger partial charge in [0, 0.05) is 25.7 Å². The van der Waals surface area contributed by atoms with Crippen LogP contribution in [0.5, 0.6) is 0 Å². The van der Waals surface area contributed by atoms with Gasteiger partial charge in [0.2, 0.25) is 5.76 Å². The molecule has 11 heteroatoms. The van der Waals surface area contributed by atoms with Crippen LogP contribution in [0.2, 0.25) is 0 Å². The van der Waals surface area contributed by atoms with Crippen LogP contribution >= 0.6 is 0 Å². The maximum absolute atomic E-state index is 12.0. The van der Waals surface area contributed by atoms with E-state index in [2.05, 4.69) is 15.4 Å². The van der Waals surface area contributed by atoms with Crippen LogP contribution in [0.25, 0.3) is 0 Å². The first-order chi connectivity index (χ1) is 14.0. The molecule has 2 aliphatic rings. The van der Waals surface area contributed by atoms with Gasteiger partial charge in [-0.25, -0.2) is 0 Å². The third kappa shape index (κ3) is 4.63. The first-order valence-electron chi connectivity index (χ1n) is 9.43. The van der Waals surface area contributed by atoms with Gasteiger partial charge in [0.25, 0.3) is 5.91 Å². The van der Waals surface area contributed by atoms with Crippen molar-refractivity contribution in [1.29, 1.82) is 0 Å². The lowest BCUT2D eigenvalue weighted by molar-refractivity contribution is -0.402. The summed E-state index contributed by atoms with van der Waals surface area (Å²) < 4.78 is 22.2. The highest BCUT2D eigenvalue weighted by molar-refractivity contribution is 5.91. The molecule has 0 unspecified atom stereocenters. The van der Waals surface area contributed by atoms with Crippen molar-refractivity contribution in [2.24, 2.45) is 0 Å². The minimum absolute atomic E-state index is 0.130. The van der Waals surface area contributed by atoms with Gasteiger partial charge in [0.05, 0.1) is 38.1 Å². The Morgan fingerprint density at radius 1 is 1.41 bits per heavy atom. The van der Waals surface area contributed by atoms with Crippen LogP contribution < -0.4 is 5.32 Å². The molecule has 0 radical (unpaired) electrons. The van der Waals surface area contributed by atoms with Crippen molar-refractivity contribution in [3.05, 3.63) is 46.0 Å². The van der Waals surface area contributed by atoms with Gasteiger partial charge in [-0.2, -0.15) is 0 Å². The minimum atomic E-state index is -0.547. The Kier molecular flexibility index (Phi) is 5.60. The first kappa shape index (κ1) is 19.6. The van der Waals surface area contributed by atoms with Crippen LogP contribution in [0.1, 0.15) is 29.2 Å². The SMILES string of the molecule is O=C(NC[C@@H]1CC[C@]2(COCCN(Cc3ccc([N+](=O)[O-])o3)C2)O1)c1ccno1. The van der Waals surface area contributed by atoms with Crippen molar-refractivity contribution < 1.29 is 28.1 Å². The van der Waals surface area contributed by atoms with Crippen molar-refractivity contribution in [2.45, 2.75) is 31.1 Å². The Balaban J connectivity index is 1.33. The Bertz CT molecular complexity index is 852. The molecule has 2 aliphatic heterocycles. The van der Waals surface area contributed by atoms with Crippen LogP contribution in [0.15, 0.2) is 33.3 Å². The molecule has 4 rings (SSSR count). The smallest absolute Gasteiger partial charge is 0.404 e. The third-order valence-electron chi connectivity index (χ3n) is 5.13. The quantitative estimate of drug-likeness (QED) is 0.557. The van der Waals surface area contributed by atoms with Crippen molar-refractivity contribution in [1.82, 2.24) is 15.4 Å². The van der Waals surface area contributed by atoms with E-state index < -0.39 is 10.5 Å². The van der Waals surface area contributed by atoms with E-state index in [1.54, 1.807) is 6.07 Å². The molecule has 29 heavy (non-hydrogen) atoms. The Labute approximate surface area is 166 Å². The van der Waals surface area contributed by atoms with Crippen LogP contribution in [-0.2, 0) is 16.0 Å². The fourth-order valence-corrected chi connectivity index (χ4v) is 3.78. The van der Waals surface area contributed by atoms with Gasteiger partial charge in [-0.3, -0.25) is 19.8 Å². The average Bonchev–Trinajstić information content (AvgIpc) is 3.42. The predicted octanol–water partition coefficient (Wildman–Crippen LogP) is 1.36. The van der Waals surface area contributed by atoms with E-state index in [1.165, 1.54) is 18.3 Å². The number of aromatic nitrogens is 1. The lowest BCUT2D eigenvalue weighted by Gasteiger charge is -2.31. The maximum atomic E-state index is 12.0. The van der Waals surface area contributed by atoms with Gasteiger partial charge in [-0.05, 0) is 18.9 Å². The minimum Gasteiger partial charge on any atom is -0.404 e. The zero-order chi connectivity index (χ0) is 20.3. The summed E-state index contributed by atoms with van der Waals surface area (Å²) in [5.41, 5.74) is -0.476. The summed E-state index contributed by atoms with van der Waals surface area (Å²) in [6, 6.07) is 4.48. The fraction of sp³-hybridized carbons (Fsp3) is 0.556. The highest BCUT2D eigenvalue weighted by Crippen LogP contribution is 2.33. The normalized spacial score (nSPS) is 25.2. The standard InChI is InChI=1S/C18H22N4O7/c23-17(15-4-6-20-29-15)19-9-13-3-5-18(28-13)11-21(7-8-26-12-18)10-14-1-2-16(27-14)22(24)25/h1-2,4,6,13H,3,5,7-12H2,(H,19,23)/t13-,18-/m0/s1. The van der Waals surface area contributed by atoms with Crippen LogP contribution in [-0.4, -0.2) is 65.4 Å². The first-order valence-corrected chi connectivity index (χ1v) is 9.43. The highest BCUT2D eigenvalue weighted by Gasteiger charge is 2.43. The van der Waals surface area contributed by atoms with Gasteiger partial charge in [-0.1, -0.05) is 5.16 Å². The zero-order valence-corrected chi connectivity index (χ0v) is 15.7. The molecule has 0 bridgehead atoms. The molecule has 2 fully saturated rings. The number of rotatable bonds is 6. The number of nitrogens with zero attached hydrogens (tertiary/aromatic N) is 3. The molecule has 1 amide bonds. The molecule has 1 spiro atoms. The second-order valence-corrected chi connectivity index (χ2v) is 7.31. The summed E-state index contributed by atoms with van der Waals surface area (Å²) in [6.07, 6.45) is 2.88. The molecule has 2 atom stereocenters. The summed E-state index contributed by atoms with van der Waals surface area (Å²) in [5, 5.41) is 17.1. The number of nitrogens with one attached hydrogen (secondary N) is 1. The summed E-state index contributed by atoms with van der Waals surface area (Å²) in [4.78, 5) is 24.4. The lowest BCUT2D eigenvalue weighted by atomic mass is 10.00. The number of ether oxygens (including phenoxy) is 2. The second kappa shape index (κ2) is 8.31. The molecule has 0 aliphatic carbocycles. The number of hydrogen-bond donors (Lipinski definition) is 1. The predicted molar refractivity (Wildman–Crippen MR) is 97.1 cm³/mol. The van der Waals surface area contributed by atoms with E-state index in [1.807, 2.05) is 0 Å².